The van der Waals surface area contributed by atoms with E-state index in [4.69, 9.17) is 9.47 Å². The lowest BCUT2D eigenvalue weighted by Crippen LogP contribution is -2.35. The number of hydrogen-bond donors (Lipinski definition) is 0. The summed E-state index contributed by atoms with van der Waals surface area (Å²) in [5.74, 6) is 0. The van der Waals surface area contributed by atoms with Crippen LogP contribution >= 0.6 is 0 Å². The predicted molar refractivity (Wildman–Crippen MR) is 143 cm³/mol. The molecule has 0 unspecified atom stereocenters. The van der Waals surface area contributed by atoms with Gasteiger partial charge in [0, 0.05) is 26.4 Å². The average Bonchev–Trinajstić information content (AvgIpc) is 2.75. The molecule has 0 aliphatic carbocycles. The minimum Gasteiger partial charge on any atom is -0.381 e. The number of quaternary nitrogens is 1. The van der Waals surface area contributed by atoms with Gasteiger partial charge in [-0.25, -0.2) is 0 Å². The molecule has 0 aliphatic heterocycles. The first-order valence-corrected chi connectivity index (χ1v) is 14.5. The third kappa shape index (κ3) is 29.9. The Kier molecular flexibility index (Phi) is 25.4. The predicted octanol–water partition coefficient (Wildman–Crippen LogP) is 8.55. The summed E-state index contributed by atoms with van der Waals surface area (Å²) in [6.07, 6.45) is 27.6. The molecular formula is C29H62NO2+. The summed E-state index contributed by atoms with van der Waals surface area (Å²) in [4.78, 5) is 0. The molecule has 0 amide bonds. The first kappa shape index (κ1) is 31.9. The first-order chi connectivity index (χ1) is 15.6. The van der Waals surface area contributed by atoms with Crippen molar-refractivity contribution in [1.29, 1.82) is 0 Å². The van der Waals surface area contributed by atoms with Crippen molar-refractivity contribution in [2.45, 2.75) is 135 Å². The Morgan fingerprint density at radius 2 is 0.688 bits per heavy atom. The van der Waals surface area contributed by atoms with Crippen LogP contribution in [0, 0.1) is 0 Å². The van der Waals surface area contributed by atoms with E-state index in [0.29, 0.717) is 0 Å². The van der Waals surface area contributed by atoms with E-state index in [9.17, 15) is 0 Å². The Morgan fingerprint density at radius 1 is 0.375 bits per heavy atom. The van der Waals surface area contributed by atoms with Gasteiger partial charge in [0.15, 0.2) is 0 Å². The third-order valence-corrected chi connectivity index (χ3v) is 6.34. The van der Waals surface area contributed by atoms with Crippen LogP contribution in [0.4, 0.5) is 0 Å². The molecule has 0 spiro atoms. The fraction of sp³-hybridized carbons (Fsp3) is 1.00. The van der Waals surface area contributed by atoms with Crippen molar-refractivity contribution >= 4 is 0 Å². The van der Waals surface area contributed by atoms with Crippen molar-refractivity contribution in [1.82, 2.24) is 0 Å². The fourth-order valence-corrected chi connectivity index (χ4v) is 4.19. The number of rotatable bonds is 27. The molecule has 0 bridgehead atoms. The molecule has 0 aromatic carbocycles. The topological polar surface area (TPSA) is 18.5 Å². The molecule has 0 aromatic rings. The lowest BCUT2D eigenvalue weighted by Gasteiger charge is -2.23. The van der Waals surface area contributed by atoms with Crippen molar-refractivity contribution in [3.05, 3.63) is 0 Å². The Labute approximate surface area is 203 Å². The summed E-state index contributed by atoms with van der Waals surface area (Å²) in [6.45, 7) is 7.12. The highest BCUT2D eigenvalue weighted by molar-refractivity contribution is 4.50. The Balaban J connectivity index is 3.02. The monoisotopic (exact) mass is 456 g/mol. The van der Waals surface area contributed by atoms with Crippen LogP contribution in [-0.4, -0.2) is 58.6 Å². The van der Waals surface area contributed by atoms with Crippen molar-refractivity contribution < 1.29 is 14.0 Å². The second kappa shape index (κ2) is 25.5. The minimum atomic E-state index is 0.855. The Morgan fingerprint density at radius 3 is 1.06 bits per heavy atom. The normalized spacial score (nSPS) is 12.0. The van der Waals surface area contributed by atoms with Gasteiger partial charge in [0.2, 0.25) is 0 Å². The molecule has 0 atom stereocenters. The summed E-state index contributed by atoms with van der Waals surface area (Å²) < 4.78 is 12.5. The first-order valence-electron chi connectivity index (χ1n) is 14.5. The SMILES string of the molecule is CCCCCCCCCCCCCCCCCCOCCCOCCCCC[N+](C)(C)C. The third-order valence-electron chi connectivity index (χ3n) is 6.34. The maximum absolute atomic E-state index is 5.75. The maximum Gasteiger partial charge on any atom is 0.0780 e. The van der Waals surface area contributed by atoms with Gasteiger partial charge in [-0.05, 0) is 32.1 Å². The molecule has 3 nitrogen and oxygen atoms in total. The summed E-state index contributed by atoms with van der Waals surface area (Å²) in [5, 5.41) is 0. The standard InChI is InChI=1S/C29H62NO2/c1-5-6-7-8-9-10-11-12-13-14-15-16-17-18-19-22-26-31-28-24-29-32-27-23-20-21-25-30(2,3)4/h5-29H2,1-4H3/q+1. The summed E-state index contributed by atoms with van der Waals surface area (Å²) >= 11 is 0. The quantitative estimate of drug-likeness (QED) is 0.0910. The molecule has 0 radical (unpaired) electrons. The highest BCUT2D eigenvalue weighted by Gasteiger charge is 2.05. The van der Waals surface area contributed by atoms with Gasteiger partial charge >= 0.3 is 0 Å². The number of ether oxygens (including phenoxy) is 2. The van der Waals surface area contributed by atoms with Gasteiger partial charge in [0.1, 0.15) is 0 Å². The molecule has 3 heteroatoms. The van der Waals surface area contributed by atoms with Crippen LogP contribution < -0.4 is 0 Å². The van der Waals surface area contributed by atoms with Crippen LogP contribution in [0.2, 0.25) is 0 Å². The zero-order valence-electron chi connectivity index (χ0n) is 22.9. The van der Waals surface area contributed by atoms with E-state index >= 15 is 0 Å². The zero-order chi connectivity index (χ0) is 23.6. The van der Waals surface area contributed by atoms with Crippen LogP contribution in [-0.2, 0) is 9.47 Å². The second-order valence-electron chi connectivity index (χ2n) is 11.0. The Bertz CT molecular complexity index is 341. The van der Waals surface area contributed by atoms with E-state index in [1.54, 1.807) is 0 Å². The molecule has 0 fully saturated rings. The van der Waals surface area contributed by atoms with Crippen LogP contribution in [0.25, 0.3) is 0 Å². The van der Waals surface area contributed by atoms with Gasteiger partial charge in [0.05, 0.1) is 27.7 Å². The van der Waals surface area contributed by atoms with E-state index in [0.717, 1.165) is 37.3 Å². The second-order valence-corrected chi connectivity index (χ2v) is 11.0. The molecule has 0 saturated carbocycles. The van der Waals surface area contributed by atoms with Gasteiger partial charge < -0.3 is 14.0 Å². The highest BCUT2D eigenvalue weighted by Crippen LogP contribution is 2.13. The number of unbranched alkanes of at least 4 members (excludes halogenated alkanes) is 17. The van der Waals surface area contributed by atoms with E-state index in [1.165, 1.54) is 129 Å². The van der Waals surface area contributed by atoms with E-state index < -0.39 is 0 Å². The van der Waals surface area contributed by atoms with Gasteiger partial charge in [-0.15, -0.1) is 0 Å². The molecule has 0 heterocycles. The van der Waals surface area contributed by atoms with Crippen molar-refractivity contribution in [3.63, 3.8) is 0 Å². The molecule has 0 rings (SSSR count). The van der Waals surface area contributed by atoms with Crippen LogP contribution in [0.5, 0.6) is 0 Å². The van der Waals surface area contributed by atoms with Gasteiger partial charge in [-0.3, -0.25) is 0 Å². The van der Waals surface area contributed by atoms with Crippen molar-refractivity contribution in [3.8, 4) is 0 Å². The van der Waals surface area contributed by atoms with Crippen LogP contribution in [0.15, 0.2) is 0 Å². The van der Waals surface area contributed by atoms with Crippen molar-refractivity contribution in [2.24, 2.45) is 0 Å². The van der Waals surface area contributed by atoms with Gasteiger partial charge in [-0.1, -0.05) is 103 Å². The molecule has 32 heavy (non-hydrogen) atoms. The largest absolute Gasteiger partial charge is 0.381 e. The molecular weight excluding hydrogens is 394 g/mol. The van der Waals surface area contributed by atoms with E-state index in [2.05, 4.69) is 28.1 Å². The summed E-state index contributed by atoms with van der Waals surface area (Å²) in [6, 6.07) is 0. The lowest BCUT2D eigenvalue weighted by molar-refractivity contribution is -0.870. The smallest absolute Gasteiger partial charge is 0.0780 e. The molecule has 0 aromatic heterocycles. The Hall–Kier alpha value is -0.120. The van der Waals surface area contributed by atoms with Gasteiger partial charge in [0.25, 0.3) is 0 Å². The van der Waals surface area contributed by atoms with Crippen LogP contribution in [0.1, 0.15) is 135 Å². The van der Waals surface area contributed by atoms with Crippen molar-refractivity contribution in [2.75, 3.05) is 54.1 Å². The van der Waals surface area contributed by atoms with Crippen LogP contribution in [0.3, 0.4) is 0 Å². The fourth-order valence-electron chi connectivity index (χ4n) is 4.19. The molecule has 0 N–H and O–H groups in total. The number of nitrogens with zero attached hydrogens (tertiary/aromatic N) is 1. The van der Waals surface area contributed by atoms with Gasteiger partial charge in [-0.2, -0.15) is 0 Å². The molecule has 0 saturated heterocycles. The highest BCUT2D eigenvalue weighted by atomic mass is 16.5. The van der Waals surface area contributed by atoms with E-state index in [1.807, 2.05) is 0 Å². The lowest BCUT2D eigenvalue weighted by atomic mass is 10.0. The summed E-state index contributed by atoms with van der Waals surface area (Å²) in [5.41, 5.74) is 0. The van der Waals surface area contributed by atoms with E-state index in [-0.39, 0.29) is 0 Å². The molecule has 0 aliphatic rings. The average molecular weight is 457 g/mol. The number of hydrogen-bond acceptors (Lipinski definition) is 2. The minimum absolute atomic E-state index is 0.855. The molecule has 194 valence electrons. The zero-order valence-corrected chi connectivity index (χ0v) is 22.9. The maximum atomic E-state index is 5.75. The summed E-state index contributed by atoms with van der Waals surface area (Å²) in [7, 11) is 6.78.